The van der Waals surface area contributed by atoms with Crippen LogP contribution in [0.1, 0.15) is 39.5 Å². The zero-order valence-corrected chi connectivity index (χ0v) is 16.5. The average molecular weight is 357 g/mol. The van der Waals surface area contributed by atoms with Gasteiger partial charge in [-0.15, -0.1) is 11.6 Å². The van der Waals surface area contributed by atoms with Gasteiger partial charge in [0.1, 0.15) is 20.7 Å². The summed E-state index contributed by atoms with van der Waals surface area (Å²) in [6.45, 7) is 3.80. The molecule has 0 N–H and O–H groups in total. The van der Waals surface area contributed by atoms with Gasteiger partial charge < -0.3 is 9.29 Å². The van der Waals surface area contributed by atoms with E-state index in [1.807, 2.05) is 6.92 Å². The fraction of sp³-hybridized carbons (Fsp3) is 0.500. The number of halogens is 1. The summed E-state index contributed by atoms with van der Waals surface area (Å²) in [5.41, 5.74) is 0. The molecule has 1 aromatic carbocycles. The summed E-state index contributed by atoms with van der Waals surface area (Å²) in [6.07, 6.45) is 2.66. The molecule has 0 saturated carbocycles. The largest absolute Gasteiger partial charge is 1.00 e. The molecule has 0 radical (unpaired) electrons. The van der Waals surface area contributed by atoms with Gasteiger partial charge in [-0.3, -0.25) is 0 Å². The second-order valence-electron chi connectivity index (χ2n) is 4.74. The van der Waals surface area contributed by atoms with E-state index in [-0.39, 0.29) is 40.2 Å². The van der Waals surface area contributed by atoms with Crippen molar-refractivity contribution in [3.8, 4) is 5.75 Å². The second kappa shape index (κ2) is 9.25. The predicted octanol–water partition coefficient (Wildman–Crippen LogP) is 0.0779. The fourth-order valence-corrected chi connectivity index (χ4v) is 2.39. The van der Waals surface area contributed by atoms with E-state index in [1.165, 1.54) is 12.1 Å². The molecule has 1 aromatic rings. The summed E-state index contributed by atoms with van der Waals surface area (Å²) in [4.78, 5) is 10.7. The minimum Gasteiger partial charge on any atom is -0.744 e. The van der Waals surface area contributed by atoms with E-state index in [0.717, 1.165) is 25.0 Å². The SMILES string of the molecule is CCCCC(Cl)(CC)C(=O)Oc1ccc(S(=O)(=O)[O-])cc1.[Na+]. The van der Waals surface area contributed by atoms with Crippen LogP contribution < -0.4 is 34.3 Å². The first-order chi connectivity index (χ1) is 9.73. The van der Waals surface area contributed by atoms with Crippen LogP contribution in [0.5, 0.6) is 5.75 Å². The number of ether oxygens (including phenoxy) is 1. The first kappa shape index (κ1) is 21.9. The van der Waals surface area contributed by atoms with Crippen molar-refractivity contribution < 1.29 is 52.1 Å². The molecule has 1 atom stereocenters. The minimum atomic E-state index is -4.51. The summed E-state index contributed by atoms with van der Waals surface area (Å²) in [5, 5.41) is 0. The average Bonchev–Trinajstić information content (AvgIpc) is 2.44. The summed E-state index contributed by atoms with van der Waals surface area (Å²) in [7, 11) is -4.51. The van der Waals surface area contributed by atoms with E-state index in [0.29, 0.717) is 12.8 Å². The van der Waals surface area contributed by atoms with Gasteiger partial charge in [-0.05, 0) is 37.1 Å². The molecule has 0 bridgehead atoms. The van der Waals surface area contributed by atoms with Gasteiger partial charge in [0.25, 0.3) is 0 Å². The van der Waals surface area contributed by atoms with E-state index in [2.05, 4.69) is 0 Å². The van der Waals surface area contributed by atoms with Gasteiger partial charge in [0, 0.05) is 0 Å². The monoisotopic (exact) mass is 356 g/mol. The summed E-state index contributed by atoms with van der Waals surface area (Å²) < 4.78 is 37.6. The third-order valence-corrected chi connectivity index (χ3v) is 4.64. The zero-order valence-electron chi connectivity index (χ0n) is 13.0. The Morgan fingerprint density at radius 3 is 2.23 bits per heavy atom. The van der Waals surface area contributed by atoms with E-state index in [4.69, 9.17) is 16.3 Å². The maximum absolute atomic E-state index is 12.1. The molecule has 0 aromatic heterocycles. The maximum atomic E-state index is 12.1. The number of esters is 1. The third-order valence-electron chi connectivity index (χ3n) is 3.18. The van der Waals surface area contributed by atoms with Crippen molar-refractivity contribution >= 4 is 27.7 Å². The standard InChI is InChI=1S/C14H19ClO5S.Na/c1-3-5-10-14(15,4-2)13(16)20-11-6-8-12(9-7-11)21(17,18)19;/h6-9H,3-5,10H2,1-2H3,(H,17,18,19);/q;+1/p-1. The number of benzene rings is 1. The van der Waals surface area contributed by atoms with Gasteiger partial charge in [-0.1, -0.05) is 26.7 Å². The van der Waals surface area contributed by atoms with Crippen molar-refractivity contribution in [2.45, 2.75) is 49.3 Å². The first-order valence-electron chi connectivity index (χ1n) is 6.70. The van der Waals surface area contributed by atoms with Crippen LogP contribution in [-0.4, -0.2) is 23.8 Å². The van der Waals surface area contributed by atoms with Gasteiger partial charge in [-0.2, -0.15) is 0 Å². The zero-order chi connectivity index (χ0) is 16.1. The normalized spacial score (nSPS) is 13.8. The number of hydrogen-bond acceptors (Lipinski definition) is 5. The molecular weight excluding hydrogens is 339 g/mol. The van der Waals surface area contributed by atoms with Crippen LogP contribution in [0, 0.1) is 0 Å². The minimum absolute atomic E-state index is 0. The number of alkyl halides is 1. The topological polar surface area (TPSA) is 83.5 Å². The van der Waals surface area contributed by atoms with Gasteiger partial charge in [0.05, 0.1) is 4.90 Å². The van der Waals surface area contributed by atoms with E-state index < -0.39 is 21.0 Å². The molecule has 1 unspecified atom stereocenters. The molecule has 0 spiro atoms. The molecule has 0 aliphatic carbocycles. The molecule has 8 heteroatoms. The number of carbonyl (C=O) groups excluding carboxylic acids is 1. The number of rotatable bonds is 7. The van der Waals surface area contributed by atoms with Gasteiger partial charge in [-0.25, -0.2) is 13.2 Å². The first-order valence-corrected chi connectivity index (χ1v) is 8.48. The molecule has 1 rings (SSSR count). The fourth-order valence-electron chi connectivity index (χ4n) is 1.75. The molecule has 0 fully saturated rings. The molecule has 0 amide bonds. The number of carbonyl (C=O) groups is 1. The third kappa shape index (κ3) is 6.18. The van der Waals surface area contributed by atoms with Crippen LogP contribution in [0.3, 0.4) is 0 Å². The summed E-state index contributed by atoms with van der Waals surface area (Å²) in [5.74, 6) is -0.416. The Balaban J connectivity index is 0.00000441. The number of unbranched alkanes of at least 4 members (excludes halogenated alkanes) is 1. The maximum Gasteiger partial charge on any atom is 1.00 e. The molecule has 118 valence electrons. The molecule has 22 heavy (non-hydrogen) atoms. The number of hydrogen-bond donors (Lipinski definition) is 0. The van der Waals surface area contributed by atoms with Crippen molar-refractivity contribution in [1.29, 1.82) is 0 Å². The van der Waals surface area contributed by atoms with E-state index in [1.54, 1.807) is 6.92 Å². The van der Waals surface area contributed by atoms with Gasteiger partial charge >= 0.3 is 35.5 Å². The Hall–Kier alpha value is -0.110. The van der Waals surface area contributed by atoms with Crippen LogP contribution in [0.4, 0.5) is 0 Å². The van der Waals surface area contributed by atoms with Crippen molar-refractivity contribution in [3.63, 3.8) is 0 Å². The molecular formula is C14H18ClNaO5S. The van der Waals surface area contributed by atoms with Crippen molar-refractivity contribution in [2.75, 3.05) is 0 Å². The Labute approximate surface area is 158 Å². The van der Waals surface area contributed by atoms with Crippen LogP contribution in [0.2, 0.25) is 0 Å². The smallest absolute Gasteiger partial charge is 0.744 e. The Kier molecular flexibility index (Phi) is 9.20. The molecule has 0 aliphatic heterocycles. The van der Waals surface area contributed by atoms with Crippen LogP contribution in [0.25, 0.3) is 0 Å². The predicted molar refractivity (Wildman–Crippen MR) is 78.4 cm³/mol. The summed E-state index contributed by atoms with van der Waals surface area (Å²) in [6, 6.07) is 4.71. The van der Waals surface area contributed by atoms with Gasteiger partial charge in [0.2, 0.25) is 0 Å². The van der Waals surface area contributed by atoms with Crippen LogP contribution >= 0.6 is 11.6 Å². The molecule has 0 saturated heterocycles. The Bertz CT molecular complexity index is 588. The quantitative estimate of drug-likeness (QED) is 0.227. The second-order valence-corrected chi connectivity index (χ2v) is 6.84. The Morgan fingerprint density at radius 2 is 1.82 bits per heavy atom. The Morgan fingerprint density at radius 1 is 1.27 bits per heavy atom. The van der Waals surface area contributed by atoms with Crippen LogP contribution in [-0.2, 0) is 14.9 Å². The molecule has 0 aliphatic rings. The van der Waals surface area contributed by atoms with Crippen molar-refractivity contribution in [3.05, 3.63) is 24.3 Å². The van der Waals surface area contributed by atoms with Crippen LogP contribution in [0.15, 0.2) is 29.2 Å². The summed E-state index contributed by atoms with van der Waals surface area (Å²) >= 11 is 6.29. The van der Waals surface area contributed by atoms with E-state index in [9.17, 15) is 17.8 Å². The molecule has 0 heterocycles. The van der Waals surface area contributed by atoms with Crippen molar-refractivity contribution in [2.24, 2.45) is 0 Å². The van der Waals surface area contributed by atoms with Crippen molar-refractivity contribution in [1.82, 2.24) is 0 Å². The van der Waals surface area contributed by atoms with Gasteiger partial charge in [0.15, 0.2) is 0 Å². The molecule has 5 nitrogen and oxygen atoms in total. The van der Waals surface area contributed by atoms with E-state index >= 15 is 0 Å².